The molecule has 18 heavy (non-hydrogen) atoms. The van der Waals surface area contributed by atoms with Crippen molar-refractivity contribution in [3.8, 4) is 0 Å². The van der Waals surface area contributed by atoms with E-state index in [1.165, 1.54) is 6.92 Å². The molecule has 5 nitrogen and oxygen atoms in total. The molecule has 2 N–H and O–H groups in total. The van der Waals surface area contributed by atoms with Gasteiger partial charge < -0.3 is 5.32 Å². The third-order valence-electron chi connectivity index (χ3n) is 1.76. The Kier molecular flexibility index (Phi) is 7.23. The van der Waals surface area contributed by atoms with Crippen molar-refractivity contribution in [1.29, 1.82) is 0 Å². The SMILES string of the molecule is CCc1cc(Cl)ccc1NC(C)=O.O=S(=O)(O)Cl. The number of carbonyl (C=O) groups excluding carboxylic acids is 1. The van der Waals surface area contributed by atoms with Crippen LogP contribution in [0.25, 0.3) is 0 Å². The van der Waals surface area contributed by atoms with Crippen LogP contribution in [-0.4, -0.2) is 18.9 Å². The zero-order valence-corrected chi connectivity index (χ0v) is 12.1. The third-order valence-corrected chi connectivity index (χ3v) is 1.99. The van der Waals surface area contributed by atoms with E-state index in [9.17, 15) is 4.79 Å². The fourth-order valence-electron chi connectivity index (χ4n) is 1.17. The minimum atomic E-state index is -4.19. The Morgan fingerprint density at radius 3 is 2.33 bits per heavy atom. The predicted octanol–water partition coefficient (Wildman–Crippen LogP) is 2.89. The largest absolute Gasteiger partial charge is 0.353 e. The van der Waals surface area contributed by atoms with Gasteiger partial charge in [0.2, 0.25) is 5.91 Å². The first-order valence-electron chi connectivity index (χ1n) is 4.86. The van der Waals surface area contributed by atoms with E-state index >= 15 is 0 Å². The molecule has 0 saturated heterocycles. The Morgan fingerprint density at radius 1 is 1.44 bits per heavy atom. The highest BCUT2D eigenvalue weighted by molar-refractivity contribution is 8.09. The van der Waals surface area contributed by atoms with E-state index in [0.717, 1.165) is 17.7 Å². The van der Waals surface area contributed by atoms with Gasteiger partial charge >= 0.3 is 9.33 Å². The maximum absolute atomic E-state index is 10.8. The molecule has 1 rings (SSSR count). The Morgan fingerprint density at radius 2 is 1.94 bits per heavy atom. The lowest BCUT2D eigenvalue weighted by molar-refractivity contribution is -0.114. The lowest BCUT2D eigenvalue weighted by atomic mass is 10.1. The number of hydrogen-bond acceptors (Lipinski definition) is 3. The highest BCUT2D eigenvalue weighted by Crippen LogP contribution is 2.20. The first-order chi connectivity index (χ1) is 8.13. The third kappa shape index (κ3) is 9.23. The van der Waals surface area contributed by atoms with Gasteiger partial charge in [0.15, 0.2) is 0 Å². The molecule has 0 saturated carbocycles. The van der Waals surface area contributed by atoms with Crippen LogP contribution < -0.4 is 5.32 Å². The predicted molar refractivity (Wildman–Crippen MR) is 72.5 cm³/mol. The molecule has 102 valence electrons. The summed E-state index contributed by atoms with van der Waals surface area (Å²) in [5, 5.41) is 3.45. The summed E-state index contributed by atoms with van der Waals surface area (Å²) in [6.07, 6.45) is 0.857. The van der Waals surface area contributed by atoms with Crippen molar-refractivity contribution in [3.63, 3.8) is 0 Å². The molecule has 1 aromatic rings. The van der Waals surface area contributed by atoms with Crippen molar-refractivity contribution >= 4 is 43.2 Å². The van der Waals surface area contributed by atoms with E-state index in [1.54, 1.807) is 6.07 Å². The fourth-order valence-corrected chi connectivity index (χ4v) is 1.36. The summed E-state index contributed by atoms with van der Waals surface area (Å²) in [7, 11) is -0.137. The van der Waals surface area contributed by atoms with Gasteiger partial charge in [0.1, 0.15) is 0 Å². The molecule has 0 heterocycles. The van der Waals surface area contributed by atoms with Gasteiger partial charge in [-0.15, -0.1) is 0 Å². The smallest absolute Gasteiger partial charge is 0.326 e. The number of aryl methyl sites for hydroxylation is 1. The Balaban J connectivity index is 0.000000494. The van der Waals surface area contributed by atoms with E-state index < -0.39 is 9.33 Å². The topological polar surface area (TPSA) is 83.5 Å². The Labute approximate surface area is 115 Å². The van der Waals surface area contributed by atoms with Gasteiger partial charge in [0.25, 0.3) is 0 Å². The van der Waals surface area contributed by atoms with Gasteiger partial charge in [-0.3, -0.25) is 9.35 Å². The van der Waals surface area contributed by atoms with Gasteiger partial charge in [-0.1, -0.05) is 18.5 Å². The molecule has 0 atom stereocenters. The second-order valence-electron chi connectivity index (χ2n) is 3.25. The molecule has 8 heteroatoms. The Hall–Kier alpha value is -0.820. The van der Waals surface area contributed by atoms with E-state index in [4.69, 9.17) is 24.6 Å². The first-order valence-corrected chi connectivity index (χ1v) is 7.51. The minimum Gasteiger partial charge on any atom is -0.326 e. The van der Waals surface area contributed by atoms with Crippen molar-refractivity contribution in [3.05, 3.63) is 28.8 Å². The molecule has 0 bridgehead atoms. The molecule has 0 fully saturated rings. The Bertz CT molecular complexity index is 509. The number of carbonyl (C=O) groups is 1. The number of anilines is 1. The van der Waals surface area contributed by atoms with Crippen LogP contribution in [0.1, 0.15) is 19.4 Å². The van der Waals surface area contributed by atoms with Crippen molar-refractivity contribution in [2.24, 2.45) is 0 Å². The standard InChI is InChI=1S/C10H12ClNO.ClHO3S/c1-3-8-6-9(11)4-5-10(8)12-7(2)13;1-5(2,3)4/h4-6H,3H2,1-2H3,(H,12,13);(H,2,3,4). The summed E-state index contributed by atoms with van der Waals surface area (Å²) >= 11 is 5.82. The number of amides is 1. The van der Waals surface area contributed by atoms with Crippen LogP contribution in [0, 0.1) is 0 Å². The molecule has 0 radical (unpaired) electrons. The van der Waals surface area contributed by atoms with E-state index in [1.807, 2.05) is 19.1 Å². The van der Waals surface area contributed by atoms with Crippen LogP contribution in [0.3, 0.4) is 0 Å². The van der Waals surface area contributed by atoms with Gasteiger partial charge in [-0.05, 0) is 30.2 Å². The second kappa shape index (κ2) is 7.58. The van der Waals surface area contributed by atoms with Gasteiger partial charge in [0.05, 0.1) is 0 Å². The molecule has 1 amide bonds. The second-order valence-corrected chi connectivity index (χ2v) is 5.68. The first kappa shape index (κ1) is 17.2. The zero-order valence-electron chi connectivity index (χ0n) is 9.78. The summed E-state index contributed by atoms with van der Waals surface area (Å²) in [5.41, 5.74) is 1.90. The number of benzene rings is 1. The molecule has 0 unspecified atom stereocenters. The van der Waals surface area contributed by atoms with Gasteiger partial charge in [0, 0.05) is 28.3 Å². The molecule has 1 aromatic carbocycles. The van der Waals surface area contributed by atoms with Gasteiger partial charge in [-0.25, -0.2) is 0 Å². The zero-order chi connectivity index (χ0) is 14.3. The maximum Gasteiger partial charge on any atom is 0.353 e. The molecule has 0 spiro atoms. The number of rotatable bonds is 2. The lowest BCUT2D eigenvalue weighted by Crippen LogP contribution is -2.07. The van der Waals surface area contributed by atoms with Crippen LogP contribution in [0.4, 0.5) is 5.69 Å². The molecule has 0 aliphatic rings. The summed E-state index contributed by atoms with van der Waals surface area (Å²) in [6, 6.07) is 5.46. The summed E-state index contributed by atoms with van der Waals surface area (Å²) < 4.78 is 25.2. The van der Waals surface area contributed by atoms with E-state index in [0.29, 0.717) is 5.02 Å². The van der Waals surface area contributed by atoms with E-state index in [-0.39, 0.29) is 5.91 Å². The van der Waals surface area contributed by atoms with Crippen LogP contribution in [0.5, 0.6) is 0 Å². The minimum absolute atomic E-state index is 0.0583. The lowest BCUT2D eigenvalue weighted by Gasteiger charge is -2.07. The van der Waals surface area contributed by atoms with E-state index in [2.05, 4.69) is 16.0 Å². The molecular weight excluding hydrogens is 301 g/mol. The summed E-state index contributed by atoms with van der Waals surface area (Å²) in [5.74, 6) is -0.0583. The summed E-state index contributed by atoms with van der Waals surface area (Å²) in [6.45, 7) is 3.52. The molecular formula is C10H13Cl2NO4S. The van der Waals surface area contributed by atoms with Crippen molar-refractivity contribution in [1.82, 2.24) is 0 Å². The number of halogens is 2. The van der Waals surface area contributed by atoms with Crippen LogP contribution in [-0.2, 0) is 20.5 Å². The highest BCUT2D eigenvalue weighted by atomic mass is 35.7. The maximum atomic E-state index is 10.8. The van der Waals surface area contributed by atoms with Crippen molar-refractivity contribution in [2.75, 3.05) is 5.32 Å². The monoisotopic (exact) mass is 313 g/mol. The van der Waals surface area contributed by atoms with Crippen molar-refractivity contribution in [2.45, 2.75) is 20.3 Å². The highest BCUT2D eigenvalue weighted by Gasteiger charge is 2.02. The average molecular weight is 314 g/mol. The quantitative estimate of drug-likeness (QED) is 0.649. The van der Waals surface area contributed by atoms with Crippen LogP contribution in [0.15, 0.2) is 18.2 Å². The molecule has 0 aromatic heterocycles. The fraction of sp³-hybridized carbons (Fsp3) is 0.300. The average Bonchev–Trinajstić information content (AvgIpc) is 2.17. The van der Waals surface area contributed by atoms with Crippen LogP contribution >= 0.6 is 22.3 Å². The number of nitrogens with one attached hydrogen (secondary N) is 1. The van der Waals surface area contributed by atoms with Gasteiger partial charge in [-0.2, -0.15) is 8.42 Å². The van der Waals surface area contributed by atoms with Crippen LogP contribution in [0.2, 0.25) is 5.02 Å². The number of hydrogen-bond donors (Lipinski definition) is 2. The van der Waals surface area contributed by atoms with Crippen molar-refractivity contribution < 1.29 is 17.8 Å². The molecule has 0 aliphatic carbocycles. The normalized spacial score (nSPS) is 10.3. The summed E-state index contributed by atoms with van der Waals surface area (Å²) in [4.78, 5) is 10.8. The molecule has 0 aliphatic heterocycles.